The second-order valence-corrected chi connectivity index (χ2v) is 2.59. The van der Waals surface area contributed by atoms with Crippen LogP contribution in [0.25, 0.3) is 0 Å². The highest BCUT2D eigenvalue weighted by Gasteiger charge is 2.71. The summed E-state index contributed by atoms with van der Waals surface area (Å²) in [5.74, 6) is -5.79. The minimum atomic E-state index is -6.14. The van der Waals surface area contributed by atoms with Gasteiger partial charge in [-0.05, 0) is 15.9 Å². The summed E-state index contributed by atoms with van der Waals surface area (Å²) in [5, 5.41) is 9.56. The number of halogens is 7. The van der Waals surface area contributed by atoms with Crippen LogP contribution in [0.1, 0.15) is 0 Å². The van der Waals surface area contributed by atoms with Crippen molar-refractivity contribution in [1.29, 1.82) is 0 Å². The second-order valence-electron chi connectivity index (χ2n) is 1.59. The Balaban J connectivity index is 4.75. The van der Waals surface area contributed by atoms with E-state index in [2.05, 4.69) is 0 Å². The molecule has 0 bridgehead atoms. The van der Waals surface area contributed by atoms with E-state index < -0.39 is 16.9 Å². The first-order valence-corrected chi connectivity index (χ1v) is 2.82. The monoisotopic (exact) mass is 245 g/mol. The van der Waals surface area contributed by atoms with Gasteiger partial charge in [-0.25, -0.2) is 0 Å². The predicted octanol–water partition coefficient (Wildman–Crippen LogP) is 2.63. The molecule has 0 N–H and O–H groups in total. The maximum Gasteiger partial charge on any atom is 0.458 e. The molecule has 11 heavy (non-hydrogen) atoms. The van der Waals surface area contributed by atoms with Gasteiger partial charge in [-0.3, -0.25) is 0 Å². The molecule has 0 aliphatic rings. The molecule has 1 unspecified atom stereocenters. The van der Waals surface area contributed by atoms with Crippen molar-refractivity contribution in [3.05, 3.63) is 0 Å². The van der Waals surface area contributed by atoms with Gasteiger partial charge in [0.15, 0.2) is 0 Å². The van der Waals surface area contributed by atoms with E-state index in [1.54, 1.807) is 0 Å². The third-order valence-electron chi connectivity index (χ3n) is 0.729. The van der Waals surface area contributed by atoms with Crippen molar-refractivity contribution in [3.63, 3.8) is 0 Å². The molecule has 0 heterocycles. The van der Waals surface area contributed by atoms with E-state index in [4.69, 9.17) is 0 Å². The van der Waals surface area contributed by atoms with Gasteiger partial charge >= 0.3 is 16.9 Å². The molecule has 67 valence electrons. The second kappa shape index (κ2) is 2.51. The molecule has 1 radical (unpaired) electrons. The van der Waals surface area contributed by atoms with Crippen molar-refractivity contribution in [2.24, 2.45) is 0 Å². The van der Waals surface area contributed by atoms with Crippen LogP contribution in [0.4, 0.5) is 26.3 Å². The molecule has 0 aromatic heterocycles. The Kier molecular flexibility index (Phi) is 2.52. The Hall–Kier alpha value is 0.0200. The van der Waals surface area contributed by atoms with Gasteiger partial charge in [0.05, 0.1) is 0 Å². The summed E-state index contributed by atoms with van der Waals surface area (Å²) in [5.41, 5.74) is 0. The maximum atomic E-state index is 11.6. The van der Waals surface area contributed by atoms with Gasteiger partial charge in [0.2, 0.25) is 0 Å². The third kappa shape index (κ3) is 1.98. The zero-order valence-corrected chi connectivity index (χ0v) is 6.14. The Morgan fingerprint density at radius 3 is 1.18 bits per heavy atom. The van der Waals surface area contributed by atoms with Gasteiger partial charge in [-0.2, -0.15) is 31.4 Å². The van der Waals surface area contributed by atoms with E-state index in [0.717, 1.165) is 15.9 Å². The standard InChI is InChI=1S/C3BrF6O/c4-2(6,7)1(5,11)3(8,9)10. The number of alkyl halides is 7. The minimum Gasteiger partial charge on any atom is -0.191 e. The highest BCUT2D eigenvalue weighted by atomic mass is 79.9. The zero-order valence-electron chi connectivity index (χ0n) is 4.55. The largest absolute Gasteiger partial charge is 0.458 e. The van der Waals surface area contributed by atoms with Crippen LogP contribution in [0.3, 0.4) is 0 Å². The quantitative estimate of drug-likeness (QED) is 0.500. The summed E-state index contributed by atoms with van der Waals surface area (Å²) < 4.78 is 68.0. The van der Waals surface area contributed by atoms with Gasteiger partial charge in [0.25, 0.3) is 0 Å². The van der Waals surface area contributed by atoms with Crippen LogP contribution < -0.4 is 0 Å². The minimum absolute atomic E-state index is 0.995. The van der Waals surface area contributed by atoms with Crippen LogP contribution in [0, 0.1) is 0 Å². The molecular formula is C3BrF6O. The molecule has 0 fully saturated rings. The van der Waals surface area contributed by atoms with E-state index in [-0.39, 0.29) is 0 Å². The van der Waals surface area contributed by atoms with Crippen molar-refractivity contribution >= 4 is 15.9 Å². The van der Waals surface area contributed by atoms with E-state index in [0.29, 0.717) is 0 Å². The van der Waals surface area contributed by atoms with E-state index >= 15 is 0 Å². The lowest BCUT2D eigenvalue weighted by Gasteiger charge is -2.23. The molecule has 1 atom stereocenters. The lowest BCUT2D eigenvalue weighted by atomic mass is 10.3. The summed E-state index contributed by atoms with van der Waals surface area (Å²) >= 11 is 0.995. The molecule has 0 amide bonds. The summed E-state index contributed by atoms with van der Waals surface area (Å²) in [6, 6.07) is 0. The molecular weight excluding hydrogens is 246 g/mol. The summed E-state index contributed by atoms with van der Waals surface area (Å²) in [6.07, 6.45) is -6.14. The SMILES string of the molecule is [O]C(F)(C(F)(F)F)C(F)(F)Br. The third-order valence-corrected chi connectivity index (χ3v) is 1.24. The average molecular weight is 246 g/mol. The van der Waals surface area contributed by atoms with Gasteiger partial charge in [0.1, 0.15) is 0 Å². The topological polar surface area (TPSA) is 19.9 Å². The molecule has 0 aliphatic carbocycles. The lowest BCUT2D eigenvalue weighted by Crippen LogP contribution is -2.51. The van der Waals surface area contributed by atoms with E-state index in [1.807, 2.05) is 0 Å². The Labute approximate surface area is 65.1 Å². The van der Waals surface area contributed by atoms with Crippen LogP contribution >= 0.6 is 15.9 Å². The molecule has 0 saturated carbocycles. The fraction of sp³-hybridized carbons (Fsp3) is 1.00. The molecule has 8 heteroatoms. The molecule has 0 saturated heterocycles. The Bertz CT molecular complexity index is 129. The van der Waals surface area contributed by atoms with E-state index in [9.17, 15) is 31.4 Å². The van der Waals surface area contributed by atoms with Crippen LogP contribution in [-0.4, -0.2) is 16.9 Å². The molecule has 0 aromatic rings. The zero-order chi connectivity index (χ0) is 9.50. The molecule has 1 nitrogen and oxygen atoms in total. The van der Waals surface area contributed by atoms with Crippen LogP contribution in [-0.2, 0) is 5.11 Å². The molecule has 0 aliphatic heterocycles. The van der Waals surface area contributed by atoms with Crippen molar-refractivity contribution in [2.45, 2.75) is 16.9 Å². The number of hydrogen-bond acceptors (Lipinski definition) is 0. The number of rotatable bonds is 1. The first-order chi connectivity index (χ1) is 4.50. The summed E-state index contributed by atoms with van der Waals surface area (Å²) in [7, 11) is 0. The Morgan fingerprint density at radius 2 is 1.18 bits per heavy atom. The van der Waals surface area contributed by atoms with Crippen molar-refractivity contribution < 1.29 is 31.4 Å². The number of hydrogen-bond donors (Lipinski definition) is 0. The van der Waals surface area contributed by atoms with Crippen molar-refractivity contribution in [3.8, 4) is 0 Å². The molecule has 0 aromatic carbocycles. The van der Waals surface area contributed by atoms with Crippen molar-refractivity contribution in [2.75, 3.05) is 0 Å². The average Bonchev–Trinajstić information content (AvgIpc) is 1.58. The van der Waals surface area contributed by atoms with Gasteiger partial charge in [-0.15, -0.1) is 0 Å². The molecule has 0 spiro atoms. The normalized spacial score (nSPS) is 19.6. The lowest BCUT2D eigenvalue weighted by molar-refractivity contribution is -0.382. The van der Waals surface area contributed by atoms with Crippen molar-refractivity contribution in [1.82, 2.24) is 0 Å². The van der Waals surface area contributed by atoms with Gasteiger partial charge < -0.3 is 0 Å². The van der Waals surface area contributed by atoms with E-state index in [1.165, 1.54) is 0 Å². The highest BCUT2D eigenvalue weighted by Crippen LogP contribution is 2.46. The van der Waals surface area contributed by atoms with Crippen LogP contribution in [0.2, 0.25) is 0 Å². The Morgan fingerprint density at radius 1 is 0.909 bits per heavy atom. The van der Waals surface area contributed by atoms with Gasteiger partial charge in [-0.1, -0.05) is 0 Å². The first kappa shape index (κ1) is 11.0. The fourth-order valence-electron chi connectivity index (χ4n) is 0.161. The smallest absolute Gasteiger partial charge is 0.191 e. The maximum absolute atomic E-state index is 11.6. The van der Waals surface area contributed by atoms with Gasteiger partial charge in [0, 0.05) is 0 Å². The molecule has 0 rings (SSSR count). The van der Waals surface area contributed by atoms with Crippen LogP contribution in [0.15, 0.2) is 0 Å². The van der Waals surface area contributed by atoms with Crippen LogP contribution in [0.5, 0.6) is 0 Å². The summed E-state index contributed by atoms with van der Waals surface area (Å²) in [4.78, 5) is -5.15. The first-order valence-electron chi connectivity index (χ1n) is 2.03. The fourth-order valence-corrected chi connectivity index (χ4v) is 0.386. The highest BCUT2D eigenvalue weighted by molar-refractivity contribution is 9.10. The predicted molar refractivity (Wildman–Crippen MR) is 24.5 cm³/mol. The summed E-state index contributed by atoms with van der Waals surface area (Å²) in [6.45, 7) is 0.